The van der Waals surface area contributed by atoms with E-state index >= 15 is 0 Å². The normalized spacial score (nSPS) is 11.9. The van der Waals surface area contributed by atoms with E-state index in [4.69, 9.17) is 0 Å². The first-order chi connectivity index (χ1) is 10.3. The number of rotatable bonds is 7. The molecule has 1 amide bonds. The topological polar surface area (TPSA) is 49.3 Å². The minimum atomic E-state index is -0.736. The predicted octanol–water partition coefficient (Wildman–Crippen LogP) is 2.86. The minimum Gasteiger partial charge on any atom is -0.388 e. The van der Waals surface area contributed by atoms with Crippen molar-refractivity contribution in [3.63, 3.8) is 0 Å². The maximum absolute atomic E-state index is 11.8. The van der Waals surface area contributed by atoms with Gasteiger partial charge in [-0.25, -0.2) is 0 Å². The van der Waals surface area contributed by atoms with Crippen molar-refractivity contribution in [3.8, 4) is 0 Å². The Hall–Kier alpha value is -2.13. The molecule has 3 heteroatoms. The average Bonchev–Trinajstić information content (AvgIpc) is 2.53. The van der Waals surface area contributed by atoms with Crippen LogP contribution < -0.4 is 5.32 Å². The van der Waals surface area contributed by atoms with Gasteiger partial charge in [-0.1, -0.05) is 60.7 Å². The fraction of sp³-hybridized carbons (Fsp3) is 0.278. The Labute approximate surface area is 125 Å². The van der Waals surface area contributed by atoms with E-state index in [9.17, 15) is 9.90 Å². The molecule has 1 atom stereocenters. The van der Waals surface area contributed by atoms with Crippen LogP contribution in [0, 0.1) is 0 Å². The van der Waals surface area contributed by atoms with Crippen molar-refractivity contribution in [1.29, 1.82) is 0 Å². The molecule has 0 heterocycles. The van der Waals surface area contributed by atoms with Crippen LogP contribution in [-0.4, -0.2) is 17.6 Å². The smallest absolute Gasteiger partial charge is 0.222 e. The van der Waals surface area contributed by atoms with Gasteiger partial charge in [-0.3, -0.25) is 4.79 Å². The van der Waals surface area contributed by atoms with Crippen LogP contribution in [0.15, 0.2) is 60.7 Å². The first-order valence-electron chi connectivity index (χ1n) is 7.29. The third kappa shape index (κ3) is 5.40. The van der Waals surface area contributed by atoms with Crippen LogP contribution in [0.3, 0.4) is 0 Å². The van der Waals surface area contributed by atoms with Gasteiger partial charge < -0.3 is 10.4 Å². The molecular formula is C18H21NO2. The molecule has 0 bridgehead atoms. The maximum atomic E-state index is 11.8. The number of aryl methyl sites for hydroxylation is 1. The first kappa shape index (κ1) is 15.3. The van der Waals surface area contributed by atoms with Crippen LogP contribution in [0.1, 0.15) is 30.1 Å². The molecule has 2 N–H and O–H groups in total. The van der Waals surface area contributed by atoms with Gasteiger partial charge in [-0.05, 0) is 24.0 Å². The van der Waals surface area contributed by atoms with E-state index < -0.39 is 6.10 Å². The summed E-state index contributed by atoms with van der Waals surface area (Å²) in [5.41, 5.74) is 2.05. The van der Waals surface area contributed by atoms with Crippen molar-refractivity contribution in [2.75, 3.05) is 6.54 Å². The number of carbonyl (C=O) groups is 1. The van der Waals surface area contributed by atoms with E-state index in [0.717, 1.165) is 18.4 Å². The Morgan fingerprint density at radius 3 is 2.29 bits per heavy atom. The van der Waals surface area contributed by atoms with Gasteiger partial charge in [0.05, 0.1) is 12.5 Å². The van der Waals surface area contributed by atoms with Crippen molar-refractivity contribution in [3.05, 3.63) is 71.8 Å². The quantitative estimate of drug-likeness (QED) is 0.768. The minimum absolute atomic E-state index is 0.106. The molecule has 110 valence electrons. The summed E-state index contributed by atoms with van der Waals surface area (Å²) >= 11 is 0. The van der Waals surface area contributed by atoms with Crippen molar-refractivity contribution < 1.29 is 9.90 Å². The number of benzene rings is 2. The lowest BCUT2D eigenvalue weighted by molar-refractivity contribution is -0.123. The van der Waals surface area contributed by atoms with Gasteiger partial charge >= 0.3 is 0 Å². The number of aliphatic hydroxyl groups excluding tert-OH is 1. The molecule has 0 aliphatic rings. The van der Waals surface area contributed by atoms with E-state index in [1.165, 1.54) is 5.56 Å². The standard InChI is InChI=1S/C18H21NO2/c20-17(16-11-5-2-6-12-16)14-18(21)19-13-7-10-15-8-3-1-4-9-15/h1-6,8-9,11-12,17,20H,7,10,13-14H2,(H,19,21). The summed E-state index contributed by atoms with van der Waals surface area (Å²) in [4.78, 5) is 11.8. The lowest BCUT2D eigenvalue weighted by Gasteiger charge is -2.11. The Balaban J connectivity index is 1.66. The second kappa shape index (κ2) is 8.22. The van der Waals surface area contributed by atoms with Gasteiger partial charge in [0.15, 0.2) is 0 Å². The summed E-state index contributed by atoms with van der Waals surface area (Å²) < 4.78 is 0. The molecule has 0 aliphatic carbocycles. The van der Waals surface area contributed by atoms with Gasteiger partial charge in [-0.15, -0.1) is 0 Å². The van der Waals surface area contributed by atoms with Gasteiger partial charge in [-0.2, -0.15) is 0 Å². The van der Waals surface area contributed by atoms with Gasteiger partial charge in [0.1, 0.15) is 0 Å². The number of carbonyl (C=O) groups excluding carboxylic acids is 1. The lowest BCUT2D eigenvalue weighted by Crippen LogP contribution is -2.26. The Morgan fingerprint density at radius 1 is 1.00 bits per heavy atom. The summed E-state index contributed by atoms with van der Waals surface area (Å²) in [5.74, 6) is -0.112. The Kier molecular flexibility index (Phi) is 5.98. The average molecular weight is 283 g/mol. The van der Waals surface area contributed by atoms with E-state index in [1.54, 1.807) is 0 Å². The largest absolute Gasteiger partial charge is 0.388 e. The zero-order valence-corrected chi connectivity index (χ0v) is 12.0. The summed E-state index contributed by atoms with van der Waals surface area (Å²) in [5, 5.41) is 12.8. The molecule has 0 saturated heterocycles. The van der Waals surface area contributed by atoms with Crippen LogP contribution in [0.5, 0.6) is 0 Å². The highest BCUT2D eigenvalue weighted by Gasteiger charge is 2.11. The zero-order valence-electron chi connectivity index (χ0n) is 12.0. The van der Waals surface area contributed by atoms with E-state index in [1.807, 2.05) is 48.5 Å². The third-order valence-corrected chi connectivity index (χ3v) is 3.37. The summed E-state index contributed by atoms with van der Waals surface area (Å²) in [7, 11) is 0. The third-order valence-electron chi connectivity index (χ3n) is 3.37. The summed E-state index contributed by atoms with van der Waals surface area (Å²) in [6.45, 7) is 0.634. The highest BCUT2D eigenvalue weighted by atomic mass is 16.3. The van der Waals surface area contributed by atoms with E-state index in [2.05, 4.69) is 17.4 Å². The molecule has 0 radical (unpaired) electrons. The molecule has 0 saturated carbocycles. The van der Waals surface area contributed by atoms with Crippen LogP contribution in [0.2, 0.25) is 0 Å². The Bertz CT molecular complexity index is 540. The predicted molar refractivity (Wildman–Crippen MR) is 83.8 cm³/mol. The fourth-order valence-corrected chi connectivity index (χ4v) is 2.21. The molecule has 2 rings (SSSR count). The second-order valence-corrected chi connectivity index (χ2v) is 5.07. The highest BCUT2D eigenvalue weighted by Crippen LogP contribution is 2.15. The molecule has 2 aromatic rings. The SMILES string of the molecule is O=C(CC(O)c1ccccc1)NCCCc1ccccc1. The molecule has 2 aromatic carbocycles. The number of hydrogen-bond acceptors (Lipinski definition) is 2. The fourth-order valence-electron chi connectivity index (χ4n) is 2.21. The van der Waals surface area contributed by atoms with Gasteiger partial charge in [0.25, 0.3) is 0 Å². The van der Waals surface area contributed by atoms with E-state index in [0.29, 0.717) is 6.54 Å². The molecule has 0 spiro atoms. The monoisotopic (exact) mass is 283 g/mol. The molecule has 0 aromatic heterocycles. The first-order valence-corrected chi connectivity index (χ1v) is 7.29. The number of amides is 1. The molecule has 0 aliphatic heterocycles. The summed E-state index contributed by atoms with van der Waals surface area (Å²) in [6, 6.07) is 19.5. The second-order valence-electron chi connectivity index (χ2n) is 5.07. The van der Waals surface area contributed by atoms with E-state index in [-0.39, 0.29) is 12.3 Å². The van der Waals surface area contributed by atoms with Crippen LogP contribution >= 0.6 is 0 Å². The van der Waals surface area contributed by atoms with Crippen LogP contribution in [-0.2, 0) is 11.2 Å². The van der Waals surface area contributed by atoms with Crippen molar-refractivity contribution >= 4 is 5.91 Å². The number of hydrogen-bond donors (Lipinski definition) is 2. The van der Waals surface area contributed by atoms with Crippen LogP contribution in [0.25, 0.3) is 0 Å². The van der Waals surface area contributed by atoms with Gasteiger partial charge in [0, 0.05) is 6.54 Å². The van der Waals surface area contributed by atoms with Crippen molar-refractivity contribution in [2.45, 2.75) is 25.4 Å². The number of nitrogens with one attached hydrogen (secondary N) is 1. The molecule has 0 fully saturated rings. The lowest BCUT2D eigenvalue weighted by atomic mass is 10.1. The maximum Gasteiger partial charge on any atom is 0.222 e. The highest BCUT2D eigenvalue weighted by molar-refractivity contribution is 5.76. The number of aliphatic hydroxyl groups is 1. The van der Waals surface area contributed by atoms with Gasteiger partial charge in [0.2, 0.25) is 5.91 Å². The molecule has 1 unspecified atom stereocenters. The Morgan fingerprint density at radius 2 is 1.62 bits per heavy atom. The molecule has 3 nitrogen and oxygen atoms in total. The zero-order chi connectivity index (χ0) is 14.9. The van der Waals surface area contributed by atoms with Crippen molar-refractivity contribution in [1.82, 2.24) is 5.32 Å². The summed E-state index contributed by atoms with van der Waals surface area (Å²) in [6.07, 6.45) is 1.22. The molecular weight excluding hydrogens is 262 g/mol. The van der Waals surface area contributed by atoms with Crippen molar-refractivity contribution in [2.24, 2.45) is 0 Å². The van der Waals surface area contributed by atoms with Crippen LogP contribution in [0.4, 0.5) is 0 Å². The molecule has 21 heavy (non-hydrogen) atoms.